The third-order valence-corrected chi connectivity index (χ3v) is 10.1. The highest BCUT2D eigenvalue weighted by atomic mass is 14.6. The molecule has 10 rings (SSSR count). The molecule has 0 fully saturated rings. The van der Waals surface area contributed by atoms with E-state index in [1.54, 1.807) is 0 Å². The maximum absolute atomic E-state index is 4.47. The van der Waals surface area contributed by atoms with Gasteiger partial charge in [0.2, 0.25) is 0 Å². The number of nitrogens with zero attached hydrogens (tertiary/aromatic N) is 4. The van der Waals surface area contributed by atoms with Crippen LogP contribution in [0.25, 0.3) is 99.1 Å². The van der Waals surface area contributed by atoms with E-state index >= 15 is 0 Å². The summed E-state index contributed by atoms with van der Waals surface area (Å²) in [7, 11) is 0. The number of rotatable bonds is 6. The van der Waals surface area contributed by atoms with Crippen molar-refractivity contribution in [3.8, 4) is 66.8 Å². The molecule has 0 aliphatic carbocycles. The van der Waals surface area contributed by atoms with Crippen LogP contribution in [0, 0.1) is 0 Å². The summed E-state index contributed by atoms with van der Waals surface area (Å²) in [5.74, 6) is 0. The zero-order valence-corrected chi connectivity index (χ0v) is 28.1. The first-order chi connectivity index (χ1) is 25.8. The molecule has 0 bridgehead atoms. The van der Waals surface area contributed by atoms with Gasteiger partial charge in [-0.1, -0.05) is 66.7 Å². The maximum Gasteiger partial charge on any atom is 0.0346 e. The molecule has 0 unspecified atom stereocenters. The molecule has 52 heavy (non-hydrogen) atoms. The van der Waals surface area contributed by atoms with Crippen LogP contribution in [-0.2, 0) is 0 Å². The SMILES string of the molecule is c1cncc(-c2cc(-c3cccnc3)cc(-c3cc(-c4cc(-c5cccnc5)cc(-c5cccnc5)c4)c4ccc5cccc6ccc3c4c65)c2)c1. The largest absolute Gasteiger partial charge is 0.264 e. The molecule has 4 heteroatoms. The van der Waals surface area contributed by atoms with Crippen LogP contribution in [0.5, 0.6) is 0 Å². The first-order valence-electron chi connectivity index (χ1n) is 17.4. The molecular formula is C48H30N4. The Morgan fingerprint density at radius 1 is 0.269 bits per heavy atom. The highest BCUT2D eigenvalue weighted by Gasteiger charge is 2.19. The van der Waals surface area contributed by atoms with E-state index in [2.05, 4.69) is 129 Å². The minimum Gasteiger partial charge on any atom is -0.264 e. The smallest absolute Gasteiger partial charge is 0.0346 e. The van der Waals surface area contributed by atoms with Crippen LogP contribution in [-0.4, -0.2) is 19.9 Å². The molecule has 0 spiro atoms. The Kier molecular flexibility index (Phi) is 7.10. The van der Waals surface area contributed by atoms with Gasteiger partial charge in [-0.3, -0.25) is 19.9 Å². The van der Waals surface area contributed by atoms with E-state index in [1.165, 1.54) is 43.4 Å². The minimum absolute atomic E-state index is 1.07. The Bertz CT molecular complexity index is 2570. The summed E-state index contributed by atoms with van der Waals surface area (Å²) in [6.07, 6.45) is 15.0. The summed E-state index contributed by atoms with van der Waals surface area (Å²) in [5.41, 5.74) is 13.3. The van der Waals surface area contributed by atoms with Crippen LogP contribution in [0.4, 0.5) is 0 Å². The molecule has 0 saturated carbocycles. The average Bonchev–Trinajstić information content (AvgIpc) is 3.23. The van der Waals surface area contributed by atoms with Gasteiger partial charge in [0.15, 0.2) is 0 Å². The fourth-order valence-electron chi connectivity index (χ4n) is 7.68. The molecular weight excluding hydrogens is 633 g/mol. The van der Waals surface area contributed by atoms with Crippen molar-refractivity contribution in [3.63, 3.8) is 0 Å². The van der Waals surface area contributed by atoms with Crippen LogP contribution >= 0.6 is 0 Å². The summed E-state index contributed by atoms with van der Waals surface area (Å²) in [5, 5.41) is 7.47. The molecule has 0 radical (unpaired) electrons. The van der Waals surface area contributed by atoms with Crippen molar-refractivity contribution in [3.05, 3.63) is 183 Å². The topological polar surface area (TPSA) is 51.6 Å². The predicted molar refractivity (Wildman–Crippen MR) is 214 cm³/mol. The minimum atomic E-state index is 1.07. The van der Waals surface area contributed by atoms with Gasteiger partial charge in [0.05, 0.1) is 0 Å². The van der Waals surface area contributed by atoms with Gasteiger partial charge in [0, 0.05) is 71.8 Å². The van der Waals surface area contributed by atoms with E-state index in [0.717, 1.165) is 55.6 Å². The van der Waals surface area contributed by atoms with Gasteiger partial charge >= 0.3 is 0 Å². The normalized spacial score (nSPS) is 11.5. The summed E-state index contributed by atoms with van der Waals surface area (Å²) in [4.78, 5) is 17.9. The number of aromatic nitrogens is 4. The van der Waals surface area contributed by atoms with Gasteiger partial charge in [-0.15, -0.1) is 0 Å². The Morgan fingerprint density at radius 2 is 0.635 bits per heavy atom. The maximum atomic E-state index is 4.47. The van der Waals surface area contributed by atoms with Crippen molar-refractivity contribution in [1.29, 1.82) is 0 Å². The summed E-state index contributed by atoms with van der Waals surface area (Å²) < 4.78 is 0. The van der Waals surface area contributed by atoms with E-state index < -0.39 is 0 Å². The quantitative estimate of drug-likeness (QED) is 0.166. The van der Waals surface area contributed by atoms with E-state index in [0.29, 0.717) is 0 Å². The molecule has 0 amide bonds. The molecule has 0 aliphatic heterocycles. The van der Waals surface area contributed by atoms with Crippen molar-refractivity contribution >= 4 is 32.3 Å². The number of hydrogen-bond acceptors (Lipinski definition) is 4. The zero-order chi connectivity index (χ0) is 34.4. The fraction of sp³-hybridized carbons (Fsp3) is 0. The molecule has 242 valence electrons. The average molecular weight is 663 g/mol. The predicted octanol–water partition coefficient (Wildman–Crippen LogP) is 12.2. The third kappa shape index (κ3) is 5.17. The second kappa shape index (κ2) is 12.4. The van der Waals surface area contributed by atoms with Crippen molar-refractivity contribution in [2.75, 3.05) is 0 Å². The Hall–Kier alpha value is -7.04. The van der Waals surface area contributed by atoms with Crippen molar-refractivity contribution in [1.82, 2.24) is 19.9 Å². The Morgan fingerprint density at radius 3 is 0.981 bits per heavy atom. The van der Waals surface area contributed by atoms with Gasteiger partial charge < -0.3 is 0 Å². The van der Waals surface area contributed by atoms with Crippen LogP contribution in [0.1, 0.15) is 0 Å². The fourth-order valence-corrected chi connectivity index (χ4v) is 7.68. The summed E-state index contributed by atoms with van der Waals surface area (Å²) in [6, 6.07) is 48.3. The molecule has 4 aromatic heterocycles. The molecule has 0 saturated heterocycles. The monoisotopic (exact) mass is 662 g/mol. The third-order valence-electron chi connectivity index (χ3n) is 10.1. The van der Waals surface area contributed by atoms with Crippen LogP contribution in [0.3, 0.4) is 0 Å². The Balaban J connectivity index is 1.31. The van der Waals surface area contributed by atoms with Crippen molar-refractivity contribution in [2.45, 2.75) is 0 Å². The van der Waals surface area contributed by atoms with Crippen LogP contribution in [0.15, 0.2) is 183 Å². The first-order valence-corrected chi connectivity index (χ1v) is 17.4. The second-order valence-electron chi connectivity index (χ2n) is 13.2. The molecule has 0 aliphatic rings. The molecule has 4 heterocycles. The van der Waals surface area contributed by atoms with Gasteiger partial charge in [-0.2, -0.15) is 0 Å². The van der Waals surface area contributed by atoms with E-state index in [-0.39, 0.29) is 0 Å². The van der Waals surface area contributed by atoms with Crippen molar-refractivity contribution in [2.24, 2.45) is 0 Å². The highest BCUT2D eigenvalue weighted by Crippen LogP contribution is 2.46. The molecule has 10 aromatic rings. The first kappa shape index (κ1) is 29.8. The molecule has 0 atom stereocenters. The standard InChI is InChI=1S/C48H30N4/c1-6-31-12-14-43-45(41-22-37(33-8-2-16-49-27-33)20-38(23-41)34-9-3-17-50-28-34)26-46(44-15-13-32(7-1)47(31)48(43)44)42-24-39(35-10-4-18-51-29-35)21-40(25-42)36-11-5-19-52-30-36/h1-30H. The van der Waals surface area contributed by atoms with Gasteiger partial charge in [0.1, 0.15) is 0 Å². The van der Waals surface area contributed by atoms with Crippen LogP contribution in [0.2, 0.25) is 0 Å². The van der Waals surface area contributed by atoms with Gasteiger partial charge in [-0.25, -0.2) is 0 Å². The number of benzene rings is 6. The number of hydrogen-bond donors (Lipinski definition) is 0. The Labute approximate surface area is 301 Å². The van der Waals surface area contributed by atoms with Gasteiger partial charge in [0.25, 0.3) is 0 Å². The summed E-state index contributed by atoms with van der Waals surface area (Å²) in [6.45, 7) is 0. The lowest BCUT2D eigenvalue weighted by molar-refractivity contribution is 1.32. The lowest BCUT2D eigenvalue weighted by Gasteiger charge is -2.20. The lowest BCUT2D eigenvalue weighted by Crippen LogP contribution is -1.93. The van der Waals surface area contributed by atoms with Crippen molar-refractivity contribution < 1.29 is 0 Å². The number of pyridine rings is 4. The summed E-state index contributed by atoms with van der Waals surface area (Å²) >= 11 is 0. The van der Waals surface area contributed by atoms with E-state index in [1.807, 2.05) is 73.8 Å². The van der Waals surface area contributed by atoms with E-state index in [9.17, 15) is 0 Å². The van der Waals surface area contributed by atoms with Gasteiger partial charge in [-0.05, 0) is 144 Å². The van der Waals surface area contributed by atoms with E-state index in [4.69, 9.17) is 0 Å². The molecule has 6 aromatic carbocycles. The highest BCUT2D eigenvalue weighted by molar-refractivity contribution is 6.28. The molecule has 4 nitrogen and oxygen atoms in total. The zero-order valence-electron chi connectivity index (χ0n) is 28.1. The second-order valence-corrected chi connectivity index (χ2v) is 13.2. The van der Waals surface area contributed by atoms with Crippen LogP contribution < -0.4 is 0 Å². The molecule has 0 N–H and O–H groups in total. The lowest BCUT2D eigenvalue weighted by atomic mass is 9.83.